The van der Waals surface area contributed by atoms with Gasteiger partial charge >= 0.3 is 0 Å². The van der Waals surface area contributed by atoms with Crippen molar-refractivity contribution in [1.29, 1.82) is 0 Å². The van der Waals surface area contributed by atoms with Crippen LogP contribution in [0.1, 0.15) is 16.1 Å². The number of phenolic OH excluding ortho intramolecular Hbond substituents is 1. The largest absolute Gasteiger partial charge is 0.508 e. The number of carbonyl (C=O) groups excluding carboxylic acids is 1. The Morgan fingerprint density at radius 2 is 2.18 bits per heavy atom. The molecule has 2 aromatic rings. The van der Waals surface area contributed by atoms with Crippen LogP contribution in [0.3, 0.4) is 0 Å². The van der Waals surface area contributed by atoms with E-state index in [9.17, 15) is 9.90 Å². The van der Waals surface area contributed by atoms with Crippen molar-refractivity contribution in [3.63, 3.8) is 0 Å². The number of anilines is 2. The van der Waals surface area contributed by atoms with Gasteiger partial charge in [-0.3, -0.25) is 4.79 Å². The molecule has 0 unspecified atom stereocenters. The molecule has 0 aliphatic heterocycles. The lowest BCUT2D eigenvalue weighted by Gasteiger charge is -2.07. The van der Waals surface area contributed by atoms with Crippen LogP contribution >= 0.6 is 0 Å². The van der Waals surface area contributed by atoms with Crippen molar-refractivity contribution in [2.75, 3.05) is 11.1 Å². The molecule has 0 fully saturated rings. The summed E-state index contributed by atoms with van der Waals surface area (Å²) in [6.45, 7) is 1.70. The molecule has 4 N–H and O–H groups in total. The van der Waals surface area contributed by atoms with Gasteiger partial charge in [0.05, 0.1) is 23.2 Å². The number of nitrogen functional groups attached to an aromatic ring is 1. The van der Waals surface area contributed by atoms with E-state index in [1.165, 1.54) is 24.5 Å². The van der Waals surface area contributed by atoms with E-state index in [2.05, 4.69) is 5.32 Å². The first-order valence-corrected chi connectivity index (χ1v) is 5.02. The third kappa shape index (κ3) is 2.23. The number of nitrogens with two attached hydrogens (primary N) is 1. The first-order valence-electron chi connectivity index (χ1n) is 5.02. The number of hydrogen-bond acceptors (Lipinski definition) is 4. The Morgan fingerprint density at radius 3 is 2.82 bits per heavy atom. The topological polar surface area (TPSA) is 88.5 Å². The molecule has 0 aliphatic rings. The summed E-state index contributed by atoms with van der Waals surface area (Å²) in [5.41, 5.74) is 6.87. The summed E-state index contributed by atoms with van der Waals surface area (Å²) < 4.78 is 5.04. The van der Waals surface area contributed by atoms with Gasteiger partial charge in [-0.1, -0.05) is 0 Å². The Balaban J connectivity index is 2.24. The molecule has 1 amide bonds. The molecule has 1 heterocycles. The second-order valence-corrected chi connectivity index (χ2v) is 3.62. The molecule has 0 atom stereocenters. The van der Waals surface area contributed by atoms with E-state index in [4.69, 9.17) is 10.2 Å². The molecule has 0 saturated heterocycles. The molecule has 17 heavy (non-hydrogen) atoms. The van der Waals surface area contributed by atoms with Crippen LogP contribution in [0, 0.1) is 6.92 Å². The fourth-order valence-electron chi connectivity index (χ4n) is 1.46. The molecule has 5 heteroatoms. The van der Waals surface area contributed by atoms with Crippen LogP contribution < -0.4 is 11.1 Å². The first kappa shape index (κ1) is 11.1. The van der Waals surface area contributed by atoms with Crippen LogP contribution in [-0.4, -0.2) is 11.0 Å². The van der Waals surface area contributed by atoms with Gasteiger partial charge in [-0.2, -0.15) is 0 Å². The lowest BCUT2D eigenvalue weighted by Crippen LogP contribution is -2.13. The molecular weight excluding hydrogens is 220 g/mol. The van der Waals surface area contributed by atoms with Crippen LogP contribution in [0.4, 0.5) is 11.4 Å². The highest BCUT2D eigenvalue weighted by Gasteiger charge is 2.12. The predicted octanol–water partition coefficient (Wildman–Crippen LogP) is 2.13. The maximum absolute atomic E-state index is 11.9. The highest BCUT2D eigenvalue weighted by molar-refractivity contribution is 6.06. The number of amides is 1. The third-order valence-corrected chi connectivity index (χ3v) is 2.39. The molecule has 0 aliphatic carbocycles. The fraction of sp³-hybridized carbons (Fsp3) is 0.0833. The molecule has 2 rings (SSSR count). The minimum absolute atomic E-state index is 0.0402. The Labute approximate surface area is 97.9 Å². The van der Waals surface area contributed by atoms with Gasteiger partial charge in [0.15, 0.2) is 0 Å². The van der Waals surface area contributed by atoms with Crippen LogP contribution in [0.5, 0.6) is 5.75 Å². The molecule has 0 saturated carbocycles. The number of carbonyl (C=O) groups is 1. The van der Waals surface area contributed by atoms with Crippen LogP contribution in [0.2, 0.25) is 0 Å². The van der Waals surface area contributed by atoms with Gasteiger partial charge in [0, 0.05) is 6.07 Å². The van der Waals surface area contributed by atoms with E-state index < -0.39 is 0 Å². The second kappa shape index (κ2) is 4.21. The van der Waals surface area contributed by atoms with E-state index in [1.807, 2.05) is 0 Å². The molecule has 88 valence electrons. The average Bonchev–Trinajstić information content (AvgIpc) is 2.70. The maximum atomic E-state index is 11.9. The van der Waals surface area contributed by atoms with E-state index in [-0.39, 0.29) is 11.7 Å². The molecule has 1 aromatic heterocycles. The fourth-order valence-corrected chi connectivity index (χ4v) is 1.46. The zero-order chi connectivity index (χ0) is 12.4. The normalized spacial score (nSPS) is 10.2. The van der Waals surface area contributed by atoms with Crippen molar-refractivity contribution in [2.45, 2.75) is 6.92 Å². The van der Waals surface area contributed by atoms with Crippen molar-refractivity contribution in [3.8, 4) is 5.75 Å². The van der Waals surface area contributed by atoms with Gasteiger partial charge in [-0.25, -0.2) is 0 Å². The zero-order valence-electron chi connectivity index (χ0n) is 9.23. The average molecular weight is 232 g/mol. The van der Waals surface area contributed by atoms with Crippen LogP contribution in [0.25, 0.3) is 0 Å². The monoisotopic (exact) mass is 232 g/mol. The molecule has 0 spiro atoms. The smallest absolute Gasteiger partial charge is 0.259 e. The Hall–Kier alpha value is -2.43. The van der Waals surface area contributed by atoms with Crippen molar-refractivity contribution >= 4 is 17.3 Å². The van der Waals surface area contributed by atoms with Gasteiger partial charge in [0.1, 0.15) is 11.5 Å². The summed E-state index contributed by atoms with van der Waals surface area (Å²) in [5.74, 6) is 0.244. The number of aromatic hydroxyl groups is 1. The van der Waals surface area contributed by atoms with Crippen molar-refractivity contribution < 1.29 is 14.3 Å². The van der Waals surface area contributed by atoms with Gasteiger partial charge < -0.3 is 20.6 Å². The summed E-state index contributed by atoms with van der Waals surface area (Å²) in [5, 5.41) is 11.9. The van der Waals surface area contributed by atoms with E-state index in [1.54, 1.807) is 13.0 Å². The van der Waals surface area contributed by atoms with Gasteiger partial charge in [0.25, 0.3) is 5.91 Å². The summed E-state index contributed by atoms with van der Waals surface area (Å²) >= 11 is 0. The third-order valence-electron chi connectivity index (χ3n) is 2.39. The standard InChI is InChI=1S/C12H12N2O3/c1-7-9(4-5-17-7)12(16)14-11-6-8(15)2-3-10(11)13/h2-6,15H,13H2,1H3,(H,14,16). The summed E-state index contributed by atoms with van der Waals surface area (Å²) in [4.78, 5) is 11.9. The van der Waals surface area contributed by atoms with Crippen molar-refractivity contribution in [1.82, 2.24) is 0 Å². The van der Waals surface area contributed by atoms with Crippen molar-refractivity contribution in [2.24, 2.45) is 0 Å². The first-order chi connectivity index (χ1) is 8.08. The number of benzene rings is 1. The molecule has 0 radical (unpaired) electrons. The Morgan fingerprint density at radius 1 is 1.41 bits per heavy atom. The van der Waals surface area contributed by atoms with Crippen LogP contribution in [0.15, 0.2) is 34.9 Å². The number of nitrogens with one attached hydrogen (secondary N) is 1. The summed E-state index contributed by atoms with van der Waals surface area (Å²) in [6, 6.07) is 5.94. The summed E-state index contributed by atoms with van der Waals surface area (Å²) in [6.07, 6.45) is 1.44. The lowest BCUT2D eigenvalue weighted by atomic mass is 10.2. The Bertz CT molecular complexity index is 561. The quantitative estimate of drug-likeness (QED) is 0.546. The van der Waals surface area contributed by atoms with Gasteiger partial charge in [-0.15, -0.1) is 0 Å². The highest BCUT2D eigenvalue weighted by Crippen LogP contribution is 2.24. The minimum atomic E-state index is -0.325. The number of rotatable bonds is 2. The highest BCUT2D eigenvalue weighted by atomic mass is 16.3. The zero-order valence-corrected chi connectivity index (χ0v) is 9.23. The minimum Gasteiger partial charge on any atom is -0.508 e. The van der Waals surface area contributed by atoms with E-state index in [0.29, 0.717) is 22.7 Å². The number of hydrogen-bond donors (Lipinski definition) is 3. The van der Waals surface area contributed by atoms with Gasteiger partial charge in [-0.05, 0) is 25.1 Å². The number of phenols is 1. The molecule has 5 nitrogen and oxygen atoms in total. The summed E-state index contributed by atoms with van der Waals surface area (Å²) in [7, 11) is 0. The van der Waals surface area contributed by atoms with Gasteiger partial charge in [0.2, 0.25) is 0 Å². The molecule has 0 bridgehead atoms. The number of aryl methyl sites for hydroxylation is 1. The number of furan rings is 1. The lowest BCUT2D eigenvalue weighted by molar-refractivity contribution is 0.102. The van der Waals surface area contributed by atoms with E-state index >= 15 is 0 Å². The molecular formula is C12H12N2O3. The second-order valence-electron chi connectivity index (χ2n) is 3.62. The van der Waals surface area contributed by atoms with Crippen molar-refractivity contribution in [3.05, 3.63) is 41.9 Å². The maximum Gasteiger partial charge on any atom is 0.259 e. The Kier molecular flexibility index (Phi) is 2.74. The van der Waals surface area contributed by atoms with Crippen LogP contribution in [-0.2, 0) is 0 Å². The van der Waals surface area contributed by atoms with E-state index in [0.717, 1.165) is 0 Å². The SMILES string of the molecule is Cc1occc1C(=O)Nc1cc(O)ccc1N. The molecule has 1 aromatic carbocycles. The predicted molar refractivity (Wildman–Crippen MR) is 63.9 cm³/mol.